The van der Waals surface area contributed by atoms with Crippen LogP contribution in [0.3, 0.4) is 0 Å². The number of aromatic hydroxyl groups is 1. The Morgan fingerprint density at radius 2 is 2.00 bits per heavy atom. The molecular formula is C9H9F3O2. The van der Waals surface area contributed by atoms with Crippen LogP contribution in [0.4, 0.5) is 13.2 Å². The number of alkyl halides is 3. The first-order chi connectivity index (χ1) is 6.47. The van der Waals surface area contributed by atoms with E-state index in [1.165, 1.54) is 12.1 Å². The van der Waals surface area contributed by atoms with Gasteiger partial charge in [-0.1, -0.05) is 12.1 Å². The van der Waals surface area contributed by atoms with Crippen LogP contribution in [0.5, 0.6) is 5.75 Å². The Labute approximate surface area is 78.9 Å². The molecule has 0 radical (unpaired) electrons. The fourth-order valence-corrected chi connectivity index (χ4v) is 0.931. The van der Waals surface area contributed by atoms with Crippen LogP contribution in [0.2, 0.25) is 0 Å². The summed E-state index contributed by atoms with van der Waals surface area (Å²) in [6.07, 6.45) is -4.31. The average molecular weight is 206 g/mol. The van der Waals surface area contributed by atoms with Gasteiger partial charge in [-0.05, 0) is 17.7 Å². The quantitative estimate of drug-likeness (QED) is 0.823. The first-order valence-corrected chi connectivity index (χ1v) is 3.90. The maximum atomic E-state index is 11.7. The van der Waals surface area contributed by atoms with Crippen molar-refractivity contribution in [2.75, 3.05) is 6.61 Å². The third-order valence-corrected chi connectivity index (χ3v) is 1.45. The highest BCUT2D eigenvalue weighted by molar-refractivity contribution is 5.26. The van der Waals surface area contributed by atoms with Crippen molar-refractivity contribution >= 4 is 0 Å². The molecule has 78 valence electrons. The highest BCUT2D eigenvalue weighted by Gasteiger charge is 2.27. The number of rotatable bonds is 3. The molecule has 2 nitrogen and oxygen atoms in total. The summed E-state index contributed by atoms with van der Waals surface area (Å²) in [5, 5.41) is 8.99. The molecule has 0 amide bonds. The predicted molar refractivity (Wildman–Crippen MR) is 43.8 cm³/mol. The molecule has 0 aliphatic rings. The molecule has 0 aliphatic carbocycles. The second-order valence-corrected chi connectivity index (χ2v) is 2.78. The third-order valence-electron chi connectivity index (χ3n) is 1.45. The molecule has 1 N–H and O–H groups in total. The molecule has 0 saturated heterocycles. The summed E-state index contributed by atoms with van der Waals surface area (Å²) in [5.41, 5.74) is 0.509. The second-order valence-electron chi connectivity index (χ2n) is 2.78. The molecule has 1 aromatic rings. The van der Waals surface area contributed by atoms with Crippen LogP contribution >= 0.6 is 0 Å². The van der Waals surface area contributed by atoms with Crippen molar-refractivity contribution in [3.8, 4) is 5.75 Å². The first kappa shape index (κ1) is 10.8. The van der Waals surface area contributed by atoms with Gasteiger partial charge < -0.3 is 9.84 Å². The van der Waals surface area contributed by atoms with Gasteiger partial charge in [-0.2, -0.15) is 13.2 Å². The Kier molecular flexibility index (Phi) is 3.35. The minimum atomic E-state index is -4.31. The highest BCUT2D eigenvalue weighted by atomic mass is 19.4. The van der Waals surface area contributed by atoms with Crippen molar-refractivity contribution in [2.24, 2.45) is 0 Å². The standard InChI is InChI=1S/C9H9F3O2/c10-9(11,12)6-14-5-7-2-1-3-8(13)4-7/h1-4,13H,5-6H2. The summed E-state index contributed by atoms with van der Waals surface area (Å²) < 4.78 is 39.4. The maximum absolute atomic E-state index is 11.7. The minimum absolute atomic E-state index is 0.0121. The van der Waals surface area contributed by atoms with Crippen LogP contribution in [0.1, 0.15) is 5.56 Å². The zero-order valence-electron chi connectivity index (χ0n) is 7.21. The van der Waals surface area contributed by atoms with Gasteiger partial charge in [-0.25, -0.2) is 0 Å². The number of phenols is 1. The lowest BCUT2D eigenvalue weighted by atomic mass is 10.2. The van der Waals surface area contributed by atoms with E-state index in [0.29, 0.717) is 5.56 Å². The zero-order chi connectivity index (χ0) is 10.6. The Bertz CT molecular complexity index is 296. The molecule has 14 heavy (non-hydrogen) atoms. The molecule has 0 spiro atoms. The Hall–Kier alpha value is -1.23. The molecule has 1 aromatic carbocycles. The van der Waals surface area contributed by atoms with Gasteiger partial charge in [0.2, 0.25) is 0 Å². The van der Waals surface area contributed by atoms with Gasteiger partial charge in [0.25, 0.3) is 0 Å². The van der Waals surface area contributed by atoms with Crippen molar-refractivity contribution in [3.05, 3.63) is 29.8 Å². The van der Waals surface area contributed by atoms with Gasteiger partial charge in [0.1, 0.15) is 12.4 Å². The molecule has 1 rings (SSSR count). The summed E-state index contributed by atoms with van der Waals surface area (Å²) >= 11 is 0. The van der Waals surface area contributed by atoms with E-state index in [2.05, 4.69) is 4.74 Å². The van der Waals surface area contributed by atoms with Gasteiger partial charge >= 0.3 is 6.18 Å². The molecule has 0 aromatic heterocycles. The van der Waals surface area contributed by atoms with Crippen molar-refractivity contribution in [2.45, 2.75) is 12.8 Å². The van der Waals surface area contributed by atoms with E-state index >= 15 is 0 Å². The van der Waals surface area contributed by atoms with E-state index in [1.807, 2.05) is 0 Å². The first-order valence-electron chi connectivity index (χ1n) is 3.90. The van der Waals surface area contributed by atoms with Crippen LogP contribution in [0.15, 0.2) is 24.3 Å². The summed E-state index contributed by atoms with van der Waals surface area (Å²) in [4.78, 5) is 0. The van der Waals surface area contributed by atoms with Crippen molar-refractivity contribution in [1.82, 2.24) is 0 Å². The van der Waals surface area contributed by atoms with Gasteiger partial charge in [-0.15, -0.1) is 0 Å². The molecule has 0 bridgehead atoms. The normalized spacial score (nSPS) is 11.6. The monoisotopic (exact) mass is 206 g/mol. The topological polar surface area (TPSA) is 29.5 Å². The Morgan fingerprint density at radius 1 is 1.29 bits per heavy atom. The lowest BCUT2D eigenvalue weighted by Gasteiger charge is -2.07. The third kappa shape index (κ3) is 4.13. The van der Waals surface area contributed by atoms with E-state index in [1.54, 1.807) is 12.1 Å². The second kappa shape index (κ2) is 4.32. The van der Waals surface area contributed by atoms with Crippen LogP contribution in [-0.4, -0.2) is 17.9 Å². The van der Waals surface area contributed by atoms with E-state index in [4.69, 9.17) is 5.11 Å². The minimum Gasteiger partial charge on any atom is -0.508 e. The van der Waals surface area contributed by atoms with Crippen molar-refractivity contribution in [3.63, 3.8) is 0 Å². The maximum Gasteiger partial charge on any atom is 0.411 e. The van der Waals surface area contributed by atoms with E-state index in [9.17, 15) is 13.2 Å². The van der Waals surface area contributed by atoms with Crippen LogP contribution < -0.4 is 0 Å². The van der Waals surface area contributed by atoms with Crippen molar-refractivity contribution in [1.29, 1.82) is 0 Å². The molecule has 5 heteroatoms. The fraction of sp³-hybridized carbons (Fsp3) is 0.333. The fourth-order valence-electron chi connectivity index (χ4n) is 0.931. The zero-order valence-corrected chi connectivity index (χ0v) is 7.21. The largest absolute Gasteiger partial charge is 0.508 e. The number of phenolic OH excluding ortho intramolecular Hbond substituents is 1. The number of ether oxygens (including phenoxy) is 1. The Balaban J connectivity index is 2.39. The Morgan fingerprint density at radius 3 is 2.57 bits per heavy atom. The summed E-state index contributed by atoms with van der Waals surface area (Å²) in [6, 6.07) is 5.92. The van der Waals surface area contributed by atoms with E-state index in [0.717, 1.165) is 0 Å². The summed E-state index contributed by atoms with van der Waals surface area (Å²) in [5.74, 6) is 0.0121. The van der Waals surface area contributed by atoms with E-state index < -0.39 is 12.8 Å². The average Bonchev–Trinajstić information content (AvgIpc) is 2.01. The van der Waals surface area contributed by atoms with Gasteiger partial charge in [0.05, 0.1) is 6.61 Å². The van der Waals surface area contributed by atoms with Crippen LogP contribution in [0.25, 0.3) is 0 Å². The van der Waals surface area contributed by atoms with E-state index in [-0.39, 0.29) is 12.4 Å². The molecule has 0 aliphatic heterocycles. The molecular weight excluding hydrogens is 197 g/mol. The van der Waals surface area contributed by atoms with Crippen molar-refractivity contribution < 1.29 is 23.0 Å². The lowest BCUT2D eigenvalue weighted by molar-refractivity contribution is -0.176. The van der Waals surface area contributed by atoms with Crippen LogP contribution in [-0.2, 0) is 11.3 Å². The number of hydrogen-bond acceptors (Lipinski definition) is 2. The molecule has 0 unspecified atom stereocenters. The smallest absolute Gasteiger partial charge is 0.411 e. The molecule has 0 atom stereocenters. The number of hydrogen-bond donors (Lipinski definition) is 1. The summed E-state index contributed by atoms with van der Waals surface area (Å²) in [7, 11) is 0. The highest BCUT2D eigenvalue weighted by Crippen LogP contribution is 2.16. The number of benzene rings is 1. The molecule has 0 saturated carbocycles. The predicted octanol–water partition coefficient (Wildman–Crippen LogP) is 2.47. The molecule has 0 heterocycles. The SMILES string of the molecule is Oc1cccc(COCC(F)(F)F)c1. The van der Waals surface area contributed by atoms with Crippen LogP contribution in [0, 0.1) is 0 Å². The van der Waals surface area contributed by atoms with Gasteiger partial charge in [0.15, 0.2) is 0 Å². The summed E-state index contributed by atoms with van der Waals surface area (Å²) in [6.45, 7) is -1.43. The molecule has 0 fully saturated rings. The lowest BCUT2D eigenvalue weighted by Crippen LogP contribution is -2.16. The number of halogens is 3. The van der Waals surface area contributed by atoms with Gasteiger partial charge in [-0.3, -0.25) is 0 Å². The van der Waals surface area contributed by atoms with Gasteiger partial charge in [0, 0.05) is 0 Å².